The minimum atomic E-state index is -4.77. The maximum absolute atomic E-state index is 12.8. The summed E-state index contributed by atoms with van der Waals surface area (Å²) in [5.74, 6) is -0.0825. The van der Waals surface area contributed by atoms with Gasteiger partial charge in [-0.25, -0.2) is 8.42 Å². The van der Waals surface area contributed by atoms with Crippen LogP contribution >= 0.6 is 0 Å². The number of halogens is 5. The number of rotatable bonds is 7. The van der Waals surface area contributed by atoms with E-state index in [-0.39, 0.29) is 23.0 Å². The van der Waals surface area contributed by atoms with E-state index < -0.39 is 33.7 Å². The van der Waals surface area contributed by atoms with Gasteiger partial charge in [0, 0.05) is 23.7 Å². The molecule has 1 aliphatic carbocycles. The molecule has 3 aromatic rings. The van der Waals surface area contributed by atoms with Crippen LogP contribution in [0.4, 0.5) is 22.0 Å². The molecule has 1 saturated carbocycles. The topological polar surface area (TPSA) is 97.0 Å². The van der Waals surface area contributed by atoms with Crippen LogP contribution in [-0.2, 0) is 10.0 Å². The second-order valence-corrected chi connectivity index (χ2v) is 9.83. The molecule has 0 saturated heterocycles. The van der Waals surface area contributed by atoms with Gasteiger partial charge in [-0.3, -0.25) is 4.98 Å². The predicted molar refractivity (Wildman–Crippen MR) is 115 cm³/mol. The number of nitriles is 1. The summed E-state index contributed by atoms with van der Waals surface area (Å²) in [5.41, 5.74) is 1.27. The van der Waals surface area contributed by atoms with Crippen molar-refractivity contribution >= 4 is 20.9 Å². The summed E-state index contributed by atoms with van der Waals surface area (Å²) in [6.07, 6.45) is -1.39. The first-order valence-corrected chi connectivity index (χ1v) is 12.0. The van der Waals surface area contributed by atoms with Gasteiger partial charge in [0.25, 0.3) is 0 Å². The Hall–Kier alpha value is -3.24. The summed E-state index contributed by atoms with van der Waals surface area (Å²) in [4.78, 5) is 3.66. The predicted octanol–water partition coefficient (Wildman–Crippen LogP) is 5.13. The molecule has 13 heteroatoms. The molecule has 1 fully saturated rings. The van der Waals surface area contributed by atoms with Gasteiger partial charge < -0.3 is 9.30 Å². The molecule has 1 N–H and O–H groups in total. The lowest BCUT2D eigenvalue weighted by molar-refractivity contribution is -0.147. The fourth-order valence-electron chi connectivity index (χ4n) is 3.90. The maximum atomic E-state index is 12.8. The number of alkyl halides is 5. The number of benzene rings is 1. The molecule has 0 unspecified atom stereocenters. The van der Waals surface area contributed by atoms with Crippen LogP contribution < -0.4 is 9.46 Å². The second kappa shape index (κ2) is 9.09. The van der Waals surface area contributed by atoms with Crippen LogP contribution in [0.2, 0.25) is 0 Å². The SMILES string of the molecule is C[C@H](NS(=O)(=O)c1ccc(-c2c(C#N)c3ccc(OC(F)F)cc3n2C2CCC2)nc1)C(F)(F)F. The third-order valence-electron chi connectivity index (χ3n) is 5.86. The number of pyridine rings is 1. The first-order valence-electron chi connectivity index (χ1n) is 10.5. The van der Waals surface area contributed by atoms with E-state index >= 15 is 0 Å². The van der Waals surface area contributed by atoms with Gasteiger partial charge in [0.15, 0.2) is 0 Å². The number of sulfonamides is 1. The Kier molecular flexibility index (Phi) is 6.46. The first kappa shape index (κ1) is 24.9. The Morgan fingerprint density at radius 2 is 1.94 bits per heavy atom. The van der Waals surface area contributed by atoms with E-state index in [4.69, 9.17) is 0 Å². The van der Waals surface area contributed by atoms with Crippen molar-refractivity contribution in [1.82, 2.24) is 14.3 Å². The van der Waals surface area contributed by atoms with E-state index in [0.717, 1.165) is 31.5 Å². The van der Waals surface area contributed by atoms with Gasteiger partial charge in [0.05, 0.1) is 22.5 Å². The molecule has 0 radical (unpaired) electrons. The van der Waals surface area contributed by atoms with Crippen molar-refractivity contribution in [2.45, 2.75) is 56.0 Å². The van der Waals surface area contributed by atoms with Crippen molar-refractivity contribution in [2.24, 2.45) is 0 Å². The smallest absolute Gasteiger partial charge is 0.404 e. The van der Waals surface area contributed by atoms with E-state index in [0.29, 0.717) is 23.5 Å². The summed E-state index contributed by atoms with van der Waals surface area (Å²) in [5, 5.41) is 10.4. The van der Waals surface area contributed by atoms with Crippen molar-refractivity contribution in [2.75, 3.05) is 0 Å². The van der Waals surface area contributed by atoms with Crippen LogP contribution in [0.15, 0.2) is 41.4 Å². The molecule has 186 valence electrons. The fraction of sp³-hybridized carbons (Fsp3) is 0.364. The monoisotopic (exact) mass is 514 g/mol. The molecule has 0 spiro atoms. The quantitative estimate of drug-likeness (QED) is 0.441. The highest BCUT2D eigenvalue weighted by molar-refractivity contribution is 7.89. The van der Waals surface area contributed by atoms with Gasteiger partial charge in [-0.05, 0) is 50.5 Å². The maximum Gasteiger partial charge on any atom is 0.404 e. The molecular weight excluding hydrogens is 495 g/mol. The van der Waals surface area contributed by atoms with Crippen LogP contribution in [0.25, 0.3) is 22.3 Å². The number of hydrogen-bond acceptors (Lipinski definition) is 5. The molecule has 1 atom stereocenters. The highest BCUT2D eigenvalue weighted by Gasteiger charge is 2.39. The van der Waals surface area contributed by atoms with Crippen molar-refractivity contribution in [3.05, 3.63) is 42.1 Å². The molecule has 2 heterocycles. The molecule has 2 aromatic heterocycles. The highest BCUT2D eigenvalue weighted by Crippen LogP contribution is 2.43. The Bertz CT molecular complexity index is 1390. The Balaban J connectivity index is 1.80. The van der Waals surface area contributed by atoms with E-state index in [1.807, 2.05) is 0 Å². The van der Waals surface area contributed by atoms with Crippen LogP contribution in [0.5, 0.6) is 5.75 Å². The number of ether oxygens (including phenoxy) is 1. The molecule has 4 rings (SSSR count). The molecular formula is C22H19F5N4O3S. The van der Waals surface area contributed by atoms with E-state index in [2.05, 4.69) is 15.8 Å². The largest absolute Gasteiger partial charge is 0.435 e. The zero-order chi connectivity index (χ0) is 25.5. The fourth-order valence-corrected chi connectivity index (χ4v) is 5.08. The van der Waals surface area contributed by atoms with Crippen LogP contribution in [-0.4, -0.2) is 36.8 Å². The third-order valence-corrected chi connectivity index (χ3v) is 7.39. The average Bonchev–Trinajstić information content (AvgIpc) is 3.04. The Morgan fingerprint density at radius 1 is 1.23 bits per heavy atom. The third kappa shape index (κ3) is 4.81. The minimum Gasteiger partial charge on any atom is -0.435 e. The summed E-state index contributed by atoms with van der Waals surface area (Å²) in [6, 6.07) is 6.37. The number of nitrogens with zero attached hydrogens (tertiary/aromatic N) is 3. The second-order valence-electron chi connectivity index (χ2n) is 8.11. The zero-order valence-corrected chi connectivity index (χ0v) is 19.0. The molecule has 1 aromatic carbocycles. The summed E-state index contributed by atoms with van der Waals surface area (Å²) >= 11 is 0. The molecule has 35 heavy (non-hydrogen) atoms. The average molecular weight is 514 g/mol. The van der Waals surface area contributed by atoms with Crippen molar-refractivity contribution in [3.8, 4) is 23.2 Å². The van der Waals surface area contributed by atoms with Gasteiger partial charge >= 0.3 is 12.8 Å². The molecule has 0 bridgehead atoms. The Morgan fingerprint density at radius 3 is 2.46 bits per heavy atom. The van der Waals surface area contributed by atoms with Gasteiger partial charge in [-0.15, -0.1) is 0 Å². The lowest BCUT2D eigenvalue weighted by Crippen LogP contribution is -2.42. The van der Waals surface area contributed by atoms with Gasteiger partial charge in [-0.1, -0.05) is 0 Å². The molecule has 1 aliphatic rings. The van der Waals surface area contributed by atoms with Crippen LogP contribution in [0.3, 0.4) is 0 Å². The summed E-state index contributed by atoms with van der Waals surface area (Å²) < 4.78 is 96.5. The lowest BCUT2D eigenvalue weighted by atomic mass is 9.92. The normalized spacial score (nSPS) is 15.7. The van der Waals surface area contributed by atoms with Crippen LogP contribution in [0, 0.1) is 11.3 Å². The number of fused-ring (bicyclic) bond motifs is 1. The standard InChI is InChI=1S/C22H19F5N4O3S/c1-12(22(25,26)27)30-35(32,33)15-6-8-18(29-11-15)20-17(10-28)16-7-5-14(34-21(23)24)9-19(16)31(20)13-3-2-4-13/h5-9,11-13,21,30H,2-4H2,1H3/t12-/m0/s1. The van der Waals surface area contributed by atoms with Gasteiger partial charge in [-0.2, -0.15) is 31.9 Å². The van der Waals surface area contributed by atoms with Crippen LogP contribution in [0.1, 0.15) is 37.8 Å². The number of nitrogens with one attached hydrogen (secondary N) is 1. The van der Waals surface area contributed by atoms with E-state index in [1.165, 1.54) is 24.3 Å². The van der Waals surface area contributed by atoms with Gasteiger partial charge in [0.2, 0.25) is 10.0 Å². The Labute approximate surface area is 197 Å². The molecule has 0 aliphatic heterocycles. The summed E-state index contributed by atoms with van der Waals surface area (Å²) in [6.45, 7) is -2.35. The highest BCUT2D eigenvalue weighted by atomic mass is 32.2. The van der Waals surface area contributed by atoms with E-state index in [1.54, 1.807) is 9.29 Å². The van der Waals surface area contributed by atoms with Crippen molar-refractivity contribution < 1.29 is 35.1 Å². The minimum absolute atomic E-state index is 0.0455. The van der Waals surface area contributed by atoms with Crippen molar-refractivity contribution in [1.29, 1.82) is 5.26 Å². The van der Waals surface area contributed by atoms with E-state index in [9.17, 15) is 35.6 Å². The number of hydrogen-bond donors (Lipinski definition) is 1. The molecule has 0 amide bonds. The first-order chi connectivity index (χ1) is 16.4. The summed E-state index contributed by atoms with van der Waals surface area (Å²) in [7, 11) is -4.51. The molecule has 7 nitrogen and oxygen atoms in total. The zero-order valence-electron chi connectivity index (χ0n) is 18.2. The number of aromatic nitrogens is 2. The van der Waals surface area contributed by atoms with Crippen molar-refractivity contribution in [3.63, 3.8) is 0 Å². The van der Waals surface area contributed by atoms with Gasteiger partial charge in [0.1, 0.15) is 22.8 Å². The lowest BCUT2D eigenvalue weighted by Gasteiger charge is -2.30.